The fourth-order valence-electron chi connectivity index (χ4n) is 3.66. The number of amides is 1. The first-order valence-corrected chi connectivity index (χ1v) is 8.40. The Morgan fingerprint density at radius 3 is 2.46 bits per heavy atom. The molecular weight excluding hydrogens is 338 g/mol. The number of carbonyl (C=O) groups is 3. The van der Waals surface area contributed by atoms with Crippen LogP contribution >= 0.6 is 0 Å². The van der Waals surface area contributed by atoms with Gasteiger partial charge in [0.1, 0.15) is 6.61 Å². The molecule has 7 heteroatoms. The number of benzene rings is 1. The first-order valence-electron chi connectivity index (χ1n) is 8.40. The summed E-state index contributed by atoms with van der Waals surface area (Å²) >= 11 is 0. The maximum Gasteiger partial charge on any atom is 0.411 e. The molecule has 1 aromatic rings. The smallest absolute Gasteiger partial charge is 0.411 e. The number of nitrogens with zero attached hydrogens (tertiary/aromatic N) is 1. The van der Waals surface area contributed by atoms with Crippen LogP contribution in [0.5, 0.6) is 0 Å². The molecule has 0 saturated carbocycles. The fourth-order valence-corrected chi connectivity index (χ4v) is 3.66. The van der Waals surface area contributed by atoms with Crippen molar-refractivity contribution in [3.05, 3.63) is 48.0 Å². The van der Waals surface area contributed by atoms with Crippen LogP contribution in [0.15, 0.2) is 42.5 Å². The van der Waals surface area contributed by atoms with Crippen LogP contribution in [-0.2, 0) is 23.8 Å². The van der Waals surface area contributed by atoms with E-state index in [0.717, 1.165) is 5.56 Å². The van der Waals surface area contributed by atoms with E-state index in [0.29, 0.717) is 6.42 Å². The third kappa shape index (κ3) is 3.16. The van der Waals surface area contributed by atoms with Gasteiger partial charge in [-0.3, -0.25) is 14.5 Å². The molecule has 0 spiro atoms. The van der Waals surface area contributed by atoms with Crippen molar-refractivity contribution >= 4 is 18.0 Å². The quantitative estimate of drug-likeness (QED) is 0.465. The van der Waals surface area contributed by atoms with E-state index >= 15 is 0 Å². The number of allylic oxidation sites excluding steroid dienone is 1. The third-order valence-electron chi connectivity index (χ3n) is 4.92. The first kappa shape index (κ1) is 18.0. The van der Waals surface area contributed by atoms with Gasteiger partial charge in [-0.1, -0.05) is 42.5 Å². The zero-order chi connectivity index (χ0) is 18.7. The monoisotopic (exact) mass is 359 g/mol. The van der Waals surface area contributed by atoms with Gasteiger partial charge >= 0.3 is 18.0 Å². The second-order valence-corrected chi connectivity index (χ2v) is 6.24. The number of rotatable bonds is 4. The molecule has 0 unspecified atom stereocenters. The van der Waals surface area contributed by atoms with Crippen molar-refractivity contribution in [1.82, 2.24) is 4.90 Å². The summed E-state index contributed by atoms with van der Waals surface area (Å²) in [5.41, 5.74) is 0.899. The highest BCUT2D eigenvalue weighted by molar-refractivity contribution is 5.84. The summed E-state index contributed by atoms with van der Waals surface area (Å²) in [5, 5.41) is 0. The maximum atomic E-state index is 12.5. The van der Waals surface area contributed by atoms with Crippen molar-refractivity contribution in [3.63, 3.8) is 0 Å². The highest BCUT2D eigenvalue weighted by Gasteiger charge is 2.49. The van der Waals surface area contributed by atoms with Gasteiger partial charge in [0, 0.05) is 0 Å². The van der Waals surface area contributed by atoms with Gasteiger partial charge in [0.25, 0.3) is 0 Å². The summed E-state index contributed by atoms with van der Waals surface area (Å²) in [6, 6.07) is 8.44. The van der Waals surface area contributed by atoms with E-state index < -0.39 is 35.9 Å². The summed E-state index contributed by atoms with van der Waals surface area (Å²) in [4.78, 5) is 38.6. The van der Waals surface area contributed by atoms with Crippen molar-refractivity contribution in [2.24, 2.45) is 11.8 Å². The molecule has 4 atom stereocenters. The van der Waals surface area contributed by atoms with Crippen LogP contribution in [0.1, 0.15) is 18.0 Å². The van der Waals surface area contributed by atoms with Gasteiger partial charge < -0.3 is 14.2 Å². The molecule has 2 aliphatic rings. The lowest BCUT2D eigenvalue weighted by atomic mass is 9.78. The molecule has 0 bridgehead atoms. The number of cyclic esters (lactones) is 1. The van der Waals surface area contributed by atoms with Crippen molar-refractivity contribution < 1.29 is 28.6 Å². The predicted octanol–water partition coefficient (Wildman–Crippen LogP) is 2.09. The molecule has 0 radical (unpaired) electrons. The third-order valence-corrected chi connectivity index (χ3v) is 4.92. The van der Waals surface area contributed by atoms with E-state index in [1.807, 2.05) is 30.3 Å². The number of methoxy groups -OCH3 is 2. The normalized spacial score (nSPS) is 27.8. The van der Waals surface area contributed by atoms with Gasteiger partial charge in [-0.05, 0) is 12.0 Å². The largest absolute Gasteiger partial charge is 0.469 e. The summed E-state index contributed by atoms with van der Waals surface area (Å²) in [7, 11) is 2.55. The topological polar surface area (TPSA) is 82.1 Å². The molecule has 0 aromatic heterocycles. The Balaban J connectivity index is 1.99. The Morgan fingerprint density at radius 2 is 1.81 bits per heavy atom. The lowest BCUT2D eigenvalue weighted by Gasteiger charge is -2.38. The average molecular weight is 359 g/mol. The van der Waals surface area contributed by atoms with Crippen molar-refractivity contribution in [2.75, 3.05) is 20.8 Å². The predicted molar refractivity (Wildman–Crippen MR) is 90.9 cm³/mol. The Labute approximate surface area is 151 Å². The molecule has 138 valence electrons. The summed E-state index contributed by atoms with van der Waals surface area (Å²) in [6.07, 6.45) is 3.39. The summed E-state index contributed by atoms with van der Waals surface area (Å²) in [6.45, 7) is 0.184. The molecular formula is C19H21NO6. The lowest BCUT2D eigenvalue weighted by molar-refractivity contribution is -0.159. The van der Waals surface area contributed by atoms with Crippen LogP contribution in [0.4, 0.5) is 4.79 Å². The minimum absolute atomic E-state index is 0.184. The van der Waals surface area contributed by atoms with Crippen LogP contribution in [0, 0.1) is 11.8 Å². The molecule has 1 amide bonds. The highest BCUT2D eigenvalue weighted by atomic mass is 16.6. The zero-order valence-corrected chi connectivity index (χ0v) is 14.7. The van der Waals surface area contributed by atoms with Crippen molar-refractivity contribution in [1.29, 1.82) is 0 Å². The van der Waals surface area contributed by atoms with Crippen LogP contribution < -0.4 is 0 Å². The van der Waals surface area contributed by atoms with Gasteiger partial charge in [-0.15, -0.1) is 0 Å². The van der Waals surface area contributed by atoms with Crippen molar-refractivity contribution in [3.8, 4) is 0 Å². The van der Waals surface area contributed by atoms with E-state index in [-0.39, 0.29) is 12.6 Å². The molecule has 7 nitrogen and oxygen atoms in total. The number of carbonyl (C=O) groups excluding carboxylic acids is 3. The number of hydrogen-bond donors (Lipinski definition) is 0. The molecule has 1 saturated heterocycles. The molecule has 1 aliphatic heterocycles. The molecule has 26 heavy (non-hydrogen) atoms. The second kappa shape index (κ2) is 7.59. The van der Waals surface area contributed by atoms with Gasteiger partial charge in [-0.25, -0.2) is 4.79 Å². The Kier molecular flexibility index (Phi) is 5.25. The average Bonchev–Trinajstić information content (AvgIpc) is 3.08. The maximum absolute atomic E-state index is 12.5. The van der Waals surface area contributed by atoms with Crippen LogP contribution in [0.3, 0.4) is 0 Å². The van der Waals surface area contributed by atoms with E-state index in [2.05, 4.69) is 0 Å². The zero-order valence-electron chi connectivity index (χ0n) is 14.7. The Morgan fingerprint density at radius 1 is 1.12 bits per heavy atom. The molecule has 1 fully saturated rings. The molecule has 3 rings (SSSR count). The SMILES string of the molecule is COC(=O)[C@@H]1[C@@H](C(=O)OC)CC=C[C@H]1N1C(=O)OC[C@H]1c1ccccc1. The van der Waals surface area contributed by atoms with Gasteiger partial charge in [0.05, 0.1) is 38.1 Å². The minimum Gasteiger partial charge on any atom is -0.469 e. The van der Waals surface area contributed by atoms with E-state index in [1.165, 1.54) is 19.1 Å². The van der Waals surface area contributed by atoms with E-state index in [9.17, 15) is 14.4 Å². The van der Waals surface area contributed by atoms with Crippen LogP contribution in [-0.4, -0.2) is 49.8 Å². The van der Waals surface area contributed by atoms with Crippen molar-refractivity contribution in [2.45, 2.75) is 18.5 Å². The Hall–Kier alpha value is -2.83. The lowest BCUT2D eigenvalue weighted by Crippen LogP contribution is -2.50. The van der Waals surface area contributed by atoms with E-state index in [1.54, 1.807) is 12.2 Å². The molecule has 0 N–H and O–H groups in total. The van der Waals surface area contributed by atoms with Gasteiger partial charge in [0.15, 0.2) is 0 Å². The fraction of sp³-hybridized carbons (Fsp3) is 0.421. The summed E-state index contributed by atoms with van der Waals surface area (Å²) in [5.74, 6) is -2.62. The van der Waals surface area contributed by atoms with Gasteiger partial charge in [0.2, 0.25) is 0 Å². The molecule has 1 aliphatic carbocycles. The number of ether oxygens (including phenoxy) is 3. The van der Waals surface area contributed by atoms with E-state index in [4.69, 9.17) is 14.2 Å². The Bertz CT molecular complexity index is 716. The minimum atomic E-state index is -0.852. The number of esters is 2. The number of hydrogen-bond acceptors (Lipinski definition) is 6. The highest BCUT2D eigenvalue weighted by Crippen LogP contribution is 2.38. The standard InChI is InChI=1S/C19H21NO6/c1-24-17(21)13-9-6-10-14(16(13)18(22)25-2)20-15(11-26-19(20)23)12-7-4-3-5-8-12/h3-8,10,13-16H,9,11H2,1-2H3/t13-,14+,15-,16+/m0/s1. The molecule has 1 heterocycles. The first-order chi connectivity index (χ1) is 12.6. The summed E-state index contributed by atoms with van der Waals surface area (Å²) < 4.78 is 15.0. The van der Waals surface area contributed by atoms with Crippen LogP contribution in [0.2, 0.25) is 0 Å². The van der Waals surface area contributed by atoms with Crippen LogP contribution in [0.25, 0.3) is 0 Å². The second-order valence-electron chi connectivity index (χ2n) is 6.24. The molecule has 1 aromatic carbocycles. The van der Waals surface area contributed by atoms with Gasteiger partial charge in [-0.2, -0.15) is 0 Å².